The molecule has 0 spiro atoms. The molecule has 5 amide bonds. The second kappa shape index (κ2) is 18.6. The van der Waals surface area contributed by atoms with Crippen molar-refractivity contribution in [2.45, 2.75) is 84.0 Å². The van der Waals surface area contributed by atoms with E-state index >= 15 is 0 Å². The molecule has 42 heavy (non-hydrogen) atoms. The monoisotopic (exact) mass is 619 g/mol. The van der Waals surface area contributed by atoms with E-state index < -0.39 is 68.8 Å². The summed E-state index contributed by atoms with van der Waals surface area (Å²) in [5.41, 5.74) is 0. The molecule has 1 saturated heterocycles. The van der Waals surface area contributed by atoms with Crippen LogP contribution < -0.4 is 21.3 Å². The van der Waals surface area contributed by atoms with Gasteiger partial charge in [-0.2, -0.15) is 0 Å². The molecule has 0 saturated carbocycles. The maximum Gasteiger partial charge on any atom is 0.472 e. The number of carbonyl (C=O) groups is 5. The second-order valence-electron chi connectivity index (χ2n) is 10.5. The van der Waals surface area contributed by atoms with Crippen LogP contribution >= 0.6 is 7.82 Å². The molecule has 1 rings (SSSR count). The first-order valence-electron chi connectivity index (χ1n) is 14.0. The Morgan fingerprint density at radius 2 is 1.74 bits per heavy atom. The van der Waals surface area contributed by atoms with Crippen molar-refractivity contribution in [3.8, 4) is 0 Å². The summed E-state index contributed by atoms with van der Waals surface area (Å²) in [6, 6.07) is -2.96. The zero-order chi connectivity index (χ0) is 31.9. The highest BCUT2D eigenvalue weighted by molar-refractivity contribution is 7.47. The summed E-state index contributed by atoms with van der Waals surface area (Å²) in [4.78, 5) is 73.0. The largest absolute Gasteiger partial charge is 0.472 e. The van der Waals surface area contributed by atoms with Crippen LogP contribution in [0.3, 0.4) is 0 Å². The maximum absolute atomic E-state index is 12.8. The number of phosphoric acid groups is 1. The lowest BCUT2D eigenvalue weighted by atomic mass is 9.99. The average Bonchev–Trinajstić information content (AvgIpc) is 2.86. The minimum absolute atomic E-state index is 0.0133. The van der Waals surface area contributed by atoms with Gasteiger partial charge in [0, 0.05) is 20.0 Å². The topological polar surface area (TPSA) is 213 Å². The Kier molecular flexibility index (Phi) is 16.5. The molecule has 1 aliphatic heterocycles. The second-order valence-corrected chi connectivity index (χ2v) is 11.9. The number of carbonyl (C=O) groups excluding carboxylic acids is 5. The van der Waals surface area contributed by atoms with Gasteiger partial charge in [-0.15, -0.1) is 6.58 Å². The first-order valence-corrected chi connectivity index (χ1v) is 15.5. The van der Waals surface area contributed by atoms with Gasteiger partial charge >= 0.3 is 7.82 Å². The number of amides is 5. The van der Waals surface area contributed by atoms with E-state index in [1.165, 1.54) is 18.7 Å². The number of allylic oxidation sites excluding steroid dienone is 1. The van der Waals surface area contributed by atoms with E-state index in [2.05, 4.69) is 27.8 Å². The lowest BCUT2D eigenvalue weighted by Crippen LogP contribution is -2.61. The van der Waals surface area contributed by atoms with Crippen LogP contribution in [0.4, 0.5) is 0 Å². The van der Waals surface area contributed by atoms with Crippen LogP contribution in [0.5, 0.6) is 0 Å². The van der Waals surface area contributed by atoms with Gasteiger partial charge in [-0.1, -0.05) is 19.9 Å². The van der Waals surface area contributed by atoms with Gasteiger partial charge in [0.05, 0.1) is 25.9 Å². The molecule has 16 heteroatoms. The van der Waals surface area contributed by atoms with Crippen molar-refractivity contribution < 1.29 is 47.6 Å². The smallest absolute Gasteiger partial charge is 0.394 e. The summed E-state index contributed by atoms with van der Waals surface area (Å²) < 4.78 is 21.9. The third kappa shape index (κ3) is 13.9. The van der Waals surface area contributed by atoms with Gasteiger partial charge in [0.1, 0.15) is 18.1 Å². The summed E-state index contributed by atoms with van der Waals surface area (Å²) >= 11 is 0. The molecule has 240 valence electrons. The molecule has 0 bridgehead atoms. The van der Waals surface area contributed by atoms with Crippen molar-refractivity contribution in [1.82, 2.24) is 26.2 Å². The summed E-state index contributed by atoms with van der Waals surface area (Å²) in [5.74, 6) is -2.84. The molecule has 4 unspecified atom stereocenters. The summed E-state index contributed by atoms with van der Waals surface area (Å²) in [5, 5.41) is 19.3. The van der Waals surface area contributed by atoms with Gasteiger partial charge in [0.25, 0.3) is 0 Å². The van der Waals surface area contributed by atoms with Gasteiger partial charge in [-0.25, -0.2) is 4.57 Å². The Morgan fingerprint density at radius 3 is 2.29 bits per heavy atom. The molecule has 0 aromatic carbocycles. The first-order chi connectivity index (χ1) is 19.7. The van der Waals surface area contributed by atoms with E-state index in [4.69, 9.17) is 9.05 Å². The zero-order valence-corrected chi connectivity index (χ0v) is 25.7. The van der Waals surface area contributed by atoms with Crippen LogP contribution in [-0.4, -0.2) is 102 Å². The lowest BCUT2D eigenvalue weighted by Gasteiger charge is -2.39. The van der Waals surface area contributed by atoms with Gasteiger partial charge in [-0.05, 0) is 44.9 Å². The molecule has 0 aliphatic carbocycles. The predicted octanol–water partition coefficient (Wildman–Crippen LogP) is -0.274. The molecule has 6 N–H and O–H groups in total. The Hall–Kier alpha value is -2.84. The highest BCUT2D eigenvalue weighted by Crippen LogP contribution is 2.44. The normalized spacial score (nSPS) is 18.1. The number of aliphatic hydroxyl groups is 1. The Bertz CT molecular complexity index is 995. The minimum Gasteiger partial charge on any atom is -0.394 e. The molecular formula is C26H46N5O10P. The van der Waals surface area contributed by atoms with Crippen molar-refractivity contribution in [3.05, 3.63) is 12.7 Å². The van der Waals surface area contributed by atoms with E-state index in [0.29, 0.717) is 19.4 Å². The molecule has 1 aliphatic rings. The number of hydrogen-bond donors (Lipinski definition) is 6. The van der Waals surface area contributed by atoms with E-state index in [9.17, 15) is 38.5 Å². The number of phosphoric ester groups is 1. The zero-order valence-electron chi connectivity index (χ0n) is 24.8. The van der Waals surface area contributed by atoms with Crippen LogP contribution in [0, 0.1) is 5.92 Å². The number of nitrogens with one attached hydrogen (secondary N) is 4. The Balaban J connectivity index is 2.52. The number of unbranched alkanes of at least 4 members (excludes halogenated alkanes) is 2. The van der Waals surface area contributed by atoms with Crippen LogP contribution in [-0.2, 0) is 37.6 Å². The van der Waals surface area contributed by atoms with Gasteiger partial charge in [0.15, 0.2) is 0 Å². The molecule has 0 aromatic rings. The van der Waals surface area contributed by atoms with Crippen LogP contribution in [0.15, 0.2) is 12.7 Å². The SMILES string of the molecule is C=CCCCCOP(=O)(O)OC(C)CNC(=O)C(CO)NC(=O)CNC(=O)[C@H](CC(C)C)NC(=O)C1CCN1C(C)=O. The van der Waals surface area contributed by atoms with E-state index in [1.54, 1.807) is 6.08 Å². The number of hydrogen-bond acceptors (Lipinski definition) is 9. The fraction of sp³-hybridized carbons (Fsp3) is 0.731. The Labute approximate surface area is 246 Å². The number of aliphatic hydroxyl groups excluding tert-OH is 1. The molecule has 1 fully saturated rings. The van der Waals surface area contributed by atoms with Gasteiger partial charge in [-0.3, -0.25) is 33.0 Å². The van der Waals surface area contributed by atoms with Crippen molar-refractivity contribution in [2.24, 2.45) is 5.92 Å². The number of nitrogens with zero attached hydrogens (tertiary/aromatic N) is 1. The third-order valence-electron chi connectivity index (χ3n) is 6.26. The summed E-state index contributed by atoms with van der Waals surface area (Å²) in [6.45, 7) is 9.07. The van der Waals surface area contributed by atoms with Crippen molar-refractivity contribution in [3.63, 3.8) is 0 Å². The first kappa shape index (κ1) is 37.2. The fourth-order valence-electron chi connectivity index (χ4n) is 3.97. The van der Waals surface area contributed by atoms with E-state index in [0.717, 1.165) is 12.8 Å². The Morgan fingerprint density at radius 1 is 1.07 bits per heavy atom. The van der Waals surface area contributed by atoms with Crippen molar-refractivity contribution in [1.29, 1.82) is 0 Å². The molecule has 0 aromatic heterocycles. The molecule has 1 heterocycles. The van der Waals surface area contributed by atoms with Crippen molar-refractivity contribution >= 4 is 37.4 Å². The maximum atomic E-state index is 12.8. The highest BCUT2D eigenvalue weighted by Gasteiger charge is 2.37. The average molecular weight is 620 g/mol. The summed E-state index contributed by atoms with van der Waals surface area (Å²) in [7, 11) is -4.35. The van der Waals surface area contributed by atoms with E-state index in [1.807, 2.05) is 13.8 Å². The lowest BCUT2D eigenvalue weighted by molar-refractivity contribution is -0.146. The summed E-state index contributed by atoms with van der Waals surface area (Å²) in [6.07, 6.45) is 3.60. The molecule has 0 radical (unpaired) electrons. The van der Waals surface area contributed by atoms with Crippen LogP contribution in [0.25, 0.3) is 0 Å². The minimum atomic E-state index is -4.35. The molecule has 15 nitrogen and oxygen atoms in total. The van der Waals surface area contributed by atoms with E-state index in [-0.39, 0.29) is 31.4 Å². The molecule has 5 atom stereocenters. The third-order valence-corrected chi connectivity index (χ3v) is 7.39. The standard InChI is InChI=1S/C26H46N5O10P/c1-6-7-8-9-12-40-42(38,39)41-18(4)14-27-25(36)21(16-32)29-23(34)15-28-24(35)20(13-17(2)3)30-26(37)22-10-11-31(22)19(5)33/h6,17-18,20-22,32H,1,7-16H2,2-5H3,(H,27,36)(H,28,35)(H,29,34)(H,30,37)(H,38,39)/t18?,20-,21?,22?/m0/s1. The molecular weight excluding hydrogens is 573 g/mol. The van der Waals surface area contributed by atoms with Crippen LogP contribution in [0.2, 0.25) is 0 Å². The van der Waals surface area contributed by atoms with Crippen LogP contribution in [0.1, 0.15) is 59.8 Å². The van der Waals surface area contributed by atoms with Gasteiger partial charge < -0.3 is 36.2 Å². The quantitative estimate of drug-likeness (QED) is 0.0596. The predicted molar refractivity (Wildman–Crippen MR) is 153 cm³/mol. The number of rotatable bonds is 20. The van der Waals surface area contributed by atoms with Gasteiger partial charge in [0.2, 0.25) is 29.5 Å². The highest BCUT2D eigenvalue weighted by atomic mass is 31.2. The van der Waals surface area contributed by atoms with Crippen molar-refractivity contribution in [2.75, 3.05) is 32.8 Å². The fourth-order valence-corrected chi connectivity index (χ4v) is 4.92. The number of likely N-dealkylation sites (tertiary alicyclic amines) is 1.